The third-order valence-electron chi connectivity index (χ3n) is 4.00. The van der Waals surface area contributed by atoms with E-state index in [9.17, 15) is 13.2 Å². The monoisotopic (exact) mass is 475 g/mol. The highest BCUT2D eigenvalue weighted by molar-refractivity contribution is 14.1. The molecule has 2 aromatic rings. The van der Waals surface area contributed by atoms with E-state index in [1.807, 2.05) is 0 Å². The van der Waals surface area contributed by atoms with E-state index in [0.29, 0.717) is 17.1 Å². The lowest BCUT2D eigenvalue weighted by molar-refractivity contribution is 0.0984. The van der Waals surface area contributed by atoms with Crippen LogP contribution in [0.2, 0.25) is 5.02 Å². The second-order valence-corrected chi connectivity index (χ2v) is 9.36. The number of hydrogen-bond donors (Lipinski definition) is 0. The molecule has 1 amide bonds. The first-order chi connectivity index (χ1) is 11.3. The van der Waals surface area contributed by atoms with Crippen molar-refractivity contribution < 1.29 is 13.2 Å². The average Bonchev–Trinajstić information content (AvgIpc) is 2.52. The van der Waals surface area contributed by atoms with Crippen LogP contribution in [0.25, 0.3) is 0 Å². The summed E-state index contributed by atoms with van der Waals surface area (Å²) in [4.78, 5) is 14.9. The molecule has 1 aliphatic rings. The molecule has 126 valence electrons. The second kappa shape index (κ2) is 6.65. The summed E-state index contributed by atoms with van der Waals surface area (Å²) in [5.74, 6) is -0.0934. The van der Waals surface area contributed by atoms with Crippen molar-refractivity contribution in [2.45, 2.75) is 17.7 Å². The van der Waals surface area contributed by atoms with Gasteiger partial charge in [0.1, 0.15) is 0 Å². The largest absolute Gasteiger partial charge is 0.308 e. The Morgan fingerprint density at radius 1 is 1.21 bits per heavy atom. The molecule has 2 aromatic carbocycles. The molecular weight excluding hydrogens is 461 g/mol. The molecule has 1 heterocycles. The lowest BCUT2D eigenvalue weighted by Gasteiger charge is -2.30. The normalized spacial score (nSPS) is 14.4. The smallest absolute Gasteiger partial charge is 0.259 e. The minimum atomic E-state index is -3.26. The number of benzene rings is 2. The number of hydrogen-bond acceptors (Lipinski definition) is 3. The van der Waals surface area contributed by atoms with E-state index in [1.165, 1.54) is 6.26 Å². The Balaban J connectivity index is 2.02. The summed E-state index contributed by atoms with van der Waals surface area (Å²) < 4.78 is 24.3. The molecular formula is C17H15ClINO3S. The Labute approximate surface area is 159 Å². The fourth-order valence-corrected chi connectivity index (χ4v) is 4.60. The molecule has 0 saturated heterocycles. The fourth-order valence-electron chi connectivity index (χ4n) is 2.82. The number of carbonyl (C=O) groups is 1. The number of rotatable bonds is 2. The fraction of sp³-hybridized carbons (Fsp3) is 0.235. The zero-order chi connectivity index (χ0) is 17.5. The van der Waals surface area contributed by atoms with Crippen LogP contribution in [0.5, 0.6) is 0 Å². The molecule has 7 heteroatoms. The highest BCUT2D eigenvalue weighted by Gasteiger charge is 2.26. The molecule has 0 fully saturated rings. The van der Waals surface area contributed by atoms with Crippen molar-refractivity contribution in [3.8, 4) is 0 Å². The Hall–Kier alpha value is -1.12. The van der Waals surface area contributed by atoms with Crippen molar-refractivity contribution in [1.29, 1.82) is 0 Å². The highest BCUT2D eigenvalue weighted by atomic mass is 127. The molecule has 24 heavy (non-hydrogen) atoms. The third kappa shape index (κ3) is 3.45. The number of amides is 1. The molecule has 3 rings (SSSR count). The van der Waals surface area contributed by atoms with Crippen molar-refractivity contribution in [2.75, 3.05) is 17.7 Å². The summed E-state index contributed by atoms with van der Waals surface area (Å²) in [5.41, 5.74) is 2.27. The molecule has 0 aromatic heterocycles. The van der Waals surface area contributed by atoms with Gasteiger partial charge in [0.25, 0.3) is 5.91 Å². The third-order valence-corrected chi connectivity index (χ3v) is 6.24. The van der Waals surface area contributed by atoms with Crippen LogP contribution in [0.3, 0.4) is 0 Å². The molecule has 4 nitrogen and oxygen atoms in total. The van der Waals surface area contributed by atoms with E-state index in [0.717, 1.165) is 27.7 Å². The van der Waals surface area contributed by atoms with E-state index in [-0.39, 0.29) is 10.8 Å². The molecule has 0 atom stereocenters. The topological polar surface area (TPSA) is 54.5 Å². The van der Waals surface area contributed by atoms with E-state index < -0.39 is 9.84 Å². The maximum absolute atomic E-state index is 12.9. The first kappa shape index (κ1) is 17.7. The van der Waals surface area contributed by atoms with E-state index in [4.69, 9.17) is 11.6 Å². The molecule has 1 aliphatic heterocycles. The average molecular weight is 476 g/mol. The number of fused-ring (bicyclic) bond motifs is 1. The Bertz CT molecular complexity index is 927. The summed E-state index contributed by atoms with van der Waals surface area (Å²) in [6.45, 7) is 0.614. The van der Waals surface area contributed by atoms with Crippen molar-refractivity contribution in [1.82, 2.24) is 0 Å². The molecule has 0 saturated carbocycles. The predicted molar refractivity (Wildman–Crippen MR) is 104 cm³/mol. The van der Waals surface area contributed by atoms with E-state index in [1.54, 1.807) is 41.3 Å². The Kier molecular flexibility index (Phi) is 4.90. The van der Waals surface area contributed by atoms with E-state index >= 15 is 0 Å². The number of anilines is 1. The van der Waals surface area contributed by atoms with Gasteiger partial charge in [0.15, 0.2) is 9.84 Å². The van der Waals surface area contributed by atoms with Crippen LogP contribution in [0.4, 0.5) is 5.69 Å². The van der Waals surface area contributed by atoms with Gasteiger partial charge in [0.2, 0.25) is 0 Å². The van der Waals surface area contributed by atoms with Gasteiger partial charge in [-0.25, -0.2) is 8.42 Å². The van der Waals surface area contributed by atoms with Gasteiger partial charge in [-0.05, 0) is 77.4 Å². The van der Waals surface area contributed by atoms with Gasteiger partial charge in [-0.3, -0.25) is 4.79 Å². The first-order valence-electron chi connectivity index (χ1n) is 7.37. The molecule has 0 bridgehead atoms. The molecule has 0 N–H and O–H groups in total. The lowest BCUT2D eigenvalue weighted by Crippen LogP contribution is -2.36. The minimum absolute atomic E-state index is 0.0934. The zero-order valence-electron chi connectivity index (χ0n) is 12.9. The number of nitrogens with zero attached hydrogens (tertiary/aromatic N) is 1. The summed E-state index contributed by atoms with van der Waals surface area (Å²) in [5, 5.41) is 0.591. The first-order valence-corrected chi connectivity index (χ1v) is 10.7. The van der Waals surface area contributed by atoms with Crippen LogP contribution in [0.1, 0.15) is 22.3 Å². The Morgan fingerprint density at radius 3 is 2.62 bits per heavy atom. The standard InChI is InChI=1S/C17H15ClINO3S/c1-24(22,23)13-5-7-16-11(9-13)3-2-8-20(16)17(21)14-6-4-12(18)10-15(14)19/h4-7,9-10H,2-3,8H2,1H3. The van der Waals surface area contributed by atoms with Gasteiger partial charge >= 0.3 is 0 Å². The van der Waals surface area contributed by atoms with Crippen LogP contribution < -0.4 is 4.90 Å². The molecule has 0 radical (unpaired) electrons. The zero-order valence-corrected chi connectivity index (χ0v) is 16.7. The molecule has 0 aliphatic carbocycles. The number of sulfone groups is 1. The van der Waals surface area contributed by atoms with Gasteiger partial charge in [0, 0.05) is 27.1 Å². The van der Waals surface area contributed by atoms with Crippen molar-refractivity contribution >= 4 is 55.6 Å². The number of aryl methyl sites for hydroxylation is 1. The van der Waals surface area contributed by atoms with Gasteiger partial charge in [-0.2, -0.15) is 0 Å². The van der Waals surface area contributed by atoms with Gasteiger partial charge in [0.05, 0.1) is 10.5 Å². The quantitative estimate of drug-likeness (QED) is 0.618. The SMILES string of the molecule is CS(=O)(=O)c1ccc2c(c1)CCCN2C(=O)c1ccc(Cl)cc1I. The second-order valence-electron chi connectivity index (χ2n) is 5.75. The van der Waals surface area contributed by atoms with Crippen LogP contribution in [-0.2, 0) is 16.3 Å². The summed E-state index contributed by atoms with van der Waals surface area (Å²) in [7, 11) is -3.26. The predicted octanol–water partition coefficient (Wildman–Crippen LogP) is 3.94. The number of halogens is 2. The maximum Gasteiger partial charge on any atom is 0.259 e. The van der Waals surface area contributed by atoms with Gasteiger partial charge in [-0.15, -0.1) is 0 Å². The van der Waals surface area contributed by atoms with Gasteiger partial charge in [-0.1, -0.05) is 11.6 Å². The van der Waals surface area contributed by atoms with Crippen molar-refractivity contribution in [2.24, 2.45) is 0 Å². The highest BCUT2D eigenvalue weighted by Crippen LogP contribution is 2.31. The lowest BCUT2D eigenvalue weighted by atomic mass is 10.0. The van der Waals surface area contributed by atoms with Crippen LogP contribution in [-0.4, -0.2) is 27.1 Å². The van der Waals surface area contributed by atoms with Crippen LogP contribution >= 0.6 is 34.2 Å². The van der Waals surface area contributed by atoms with Gasteiger partial charge < -0.3 is 4.90 Å². The minimum Gasteiger partial charge on any atom is -0.308 e. The molecule has 0 spiro atoms. The summed E-state index contributed by atoms with van der Waals surface area (Å²) in [6.07, 6.45) is 2.76. The van der Waals surface area contributed by atoms with Crippen molar-refractivity contribution in [3.05, 3.63) is 56.1 Å². The van der Waals surface area contributed by atoms with Crippen LogP contribution in [0, 0.1) is 3.57 Å². The summed E-state index contributed by atoms with van der Waals surface area (Å²) in [6, 6.07) is 10.2. The maximum atomic E-state index is 12.9. The van der Waals surface area contributed by atoms with E-state index in [2.05, 4.69) is 22.6 Å². The molecule has 0 unspecified atom stereocenters. The van der Waals surface area contributed by atoms with Crippen molar-refractivity contribution in [3.63, 3.8) is 0 Å². The van der Waals surface area contributed by atoms with Crippen LogP contribution in [0.15, 0.2) is 41.3 Å². The Morgan fingerprint density at radius 2 is 1.96 bits per heavy atom. The number of carbonyl (C=O) groups excluding carboxylic acids is 1. The summed E-state index contributed by atoms with van der Waals surface area (Å²) >= 11 is 8.06.